The predicted octanol–water partition coefficient (Wildman–Crippen LogP) is 4.78. The SMILES string of the molecule is COc1cc(CNC(C)c2cccc(Br)c2)cc(Br)c1O. The van der Waals surface area contributed by atoms with Crippen molar-refractivity contribution in [3.63, 3.8) is 0 Å². The molecule has 1 atom stereocenters. The Kier molecular flexibility index (Phi) is 5.67. The Hall–Kier alpha value is -1.04. The molecule has 2 rings (SSSR count). The van der Waals surface area contributed by atoms with Crippen molar-refractivity contribution in [1.29, 1.82) is 0 Å². The van der Waals surface area contributed by atoms with Crippen molar-refractivity contribution in [2.24, 2.45) is 0 Å². The van der Waals surface area contributed by atoms with Crippen molar-refractivity contribution < 1.29 is 9.84 Å². The standard InChI is InChI=1S/C16H17Br2NO2/c1-10(12-4-3-5-13(17)8-12)19-9-11-6-14(18)16(20)15(7-11)21-2/h3-8,10,19-20H,9H2,1-2H3. The van der Waals surface area contributed by atoms with E-state index < -0.39 is 0 Å². The predicted molar refractivity (Wildman–Crippen MR) is 91.8 cm³/mol. The van der Waals surface area contributed by atoms with E-state index in [1.165, 1.54) is 5.56 Å². The van der Waals surface area contributed by atoms with Gasteiger partial charge in [0.05, 0.1) is 11.6 Å². The number of aromatic hydroxyl groups is 1. The van der Waals surface area contributed by atoms with E-state index in [0.717, 1.165) is 10.0 Å². The van der Waals surface area contributed by atoms with E-state index in [9.17, 15) is 5.11 Å². The van der Waals surface area contributed by atoms with Gasteiger partial charge in [-0.2, -0.15) is 0 Å². The van der Waals surface area contributed by atoms with Gasteiger partial charge in [0.25, 0.3) is 0 Å². The Morgan fingerprint density at radius 3 is 2.67 bits per heavy atom. The number of ether oxygens (including phenoxy) is 1. The lowest BCUT2D eigenvalue weighted by Crippen LogP contribution is -2.18. The van der Waals surface area contributed by atoms with Crippen LogP contribution in [0.25, 0.3) is 0 Å². The van der Waals surface area contributed by atoms with Gasteiger partial charge in [0.1, 0.15) is 0 Å². The number of rotatable bonds is 5. The molecule has 0 heterocycles. The first-order chi connectivity index (χ1) is 10.0. The first-order valence-corrected chi connectivity index (χ1v) is 8.14. The fraction of sp³-hybridized carbons (Fsp3) is 0.250. The minimum Gasteiger partial charge on any atom is -0.503 e. The van der Waals surface area contributed by atoms with Crippen LogP contribution < -0.4 is 10.1 Å². The van der Waals surface area contributed by atoms with E-state index in [1.54, 1.807) is 7.11 Å². The average Bonchev–Trinajstić information content (AvgIpc) is 2.48. The van der Waals surface area contributed by atoms with Crippen LogP contribution >= 0.6 is 31.9 Å². The highest BCUT2D eigenvalue weighted by Gasteiger charge is 2.10. The number of nitrogens with one attached hydrogen (secondary N) is 1. The molecule has 2 aromatic rings. The summed E-state index contributed by atoms with van der Waals surface area (Å²) < 4.78 is 6.86. The highest BCUT2D eigenvalue weighted by atomic mass is 79.9. The van der Waals surface area contributed by atoms with Crippen molar-refractivity contribution in [2.45, 2.75) is 19.5 Å². The molecule has 2 N–H and O–H groups in total. The molecule has 0 aliphatic rings. The summed E-state index contributed by atoms with van der Waals surface area (Å²) in [5.74, 6) is 0.595. The summed E-state index contributed by atoms with van der Waals surface area (Å²) in [4.78, 5) is 0. The average molecular weight is 415 g/mol. The largest absolute Gasteiger partial charge is 0.503 e. The summed E-state index contributed by atoms with van der Waals surface area (Å²) in [6.45, 7) is 2.80. The quantitative estimate of drug-likeness (QED) is 0.739. The van der Waals surface area contributed by atoms with Crippen molar-refractivity contribution >= 4 is 31.9 Å². The van der Waals surface area contributed by atoms with Crippen molar-refractivity contribution in [3.8, 4) is 11.5 Å². The maximum Gasteiger partial charge on any atom is 0.172 e. The van der Waals surface area contributed by atoms with Crippen LogP contribution in [0.5, 0.6) is 11.5 Å². The van der Waals surface area contributed by atoms with Crippen molar-refractivity contribution in [3.05, 3.63) is 56.5 Å². The summed E-state index contributed by atoms with van der Waals surface area (Å²) in [7, 11) is 1.54. The minimum absolute atomic E-state index is 0.126. The molecule has 0 aromatic heterocycles. The van der Waals surface area contributed by atoms with Crippen LogP contribution in [0.4, 0.5) is 0 Å². The number of phenols is 1. The van der Waals surface area contributed by atoms with E-state index in [-0.39, 0.29) is 11.8 Å². The van der Waals surface area contributed by atoms with Gasteiger partial charge in [0.2, 0.25) is 0 Å². The molecule has 0 amide bonds. The number of benzene rings is 2. The van der Waals surface area contributed by atoms with E-state index >= 15 is 0 Å². The summed E-state index contributed by atoms with van der Waals surface area (Å²) in [6.07, 6.45) is 0. The lowest BCUT2D eigenvalue weighted by molar-refractivity contribution is 0.371. The Balaban J connectivity index is 2.08. The number of methoxy groups -OCH3 is 1. The van der Waals surface area contributed by atoms with Gasteiger partial charge in [-0.05, 0) is 58.2 Å². The summed E-state index contributed by atoms with van der Waals surface area (Å²) in [6, 6.07) is 12.2. The highest BCUT2D eigenvalue weighted by Crippen LogP contribution is 2.35. The molecule has 0 aliphatic heterocycles. The molecule has 0 saturated carbocycles. The molecule has 1 unspecified atom stereocenters. The Bertz CT molecular complexity index is 632. The Labute approximate surface area is 141 Å². The van der Waals surface area contributed by atoms with E-state index in [1.807, 2.05) is 24.3 Å². The van der Waals surface area contributed by atoms with Crippen LogP contribution in [0.3, 0.4) is 0 Å². The van der Waals surface area contributed by atoms with Crippen LogP contribution in [-0.2, 0) is 6.54 Å². The van der Waals surface area contributed by atoms with Gasteiger partial charge >= 0.3 is 0 Å². The first kappa shape index (κ1) is 16.3. The summed E-state index contributed by atoms with van der Waals surface area (Å²) in [5, 5.41) is 13.3. The fourth-order valence-electron chi connectivity index (χ4n) is 2.05. The number of hydrogen-bond donors (Lipinski definition) is 2. The lowest BCUT2D eigenvalue weighted by atomic mass is 10.1. The van der Waals surface area contributed by atoms with Crippen LogP contribution in [0.2, 0.25) is 0 Å². The van der Waals surface area contributed by atoms with Gasteiger partial charge in [-0.15, -0.1) is 0 Å². The molecule has 112 valence electrons. The minimum atomic E-state index is 0.126. The van der Waals surface area contributed by atoms with E-state index in [4.69, 9.17) is 4.74 Å². The Morgan fingerprint density at radius 1 is 1.24 bits per heavy atom. The molecule has 0 bridgehead atoms. The molecule has 0 radical (unpaired) electrons. The zero-order valence-corrected chi connectivity index (χ0v) is 15.0. The molecule has 5 heteroatoms. The van der Waals surface area contributed by atoms with Gasteiger partial charge in [-0.1, -0.05) is 28.1 Å². The van der Waals surface area contributed by atoms with Crippen molar-refractivity contribution in [2.75, 3.05) is 7.11 Å². The third kappa shape index (κ3) is 4.22. The van der Waals surface area contributed by atoms with Gasteiger partial charge in [0.15, 0.2) is 11.5 Å². The zero-order chi connectivity index (χ0) is 15.4. The summed E-state index contributed by atoms with van der Waals surface area (Å²) in [5.41, 5.74) is 2.26. The molecule has 0 saturated heterocycles. The van der Waals surface area contributed by atoms with Gasteiger partial charge in [0, 0.05) is 17.1 Å². The topological polar surface area (TPSA) is 41.5 Å². The lowest BCUT2D eigenvalue weighted by Gasteiger charge is -2.16. The van der Waals surface area contributed by atoms with Crippen LogP contribution in [0.15, 0.2) is 45.3 Å². The third-order valence-corrected chi connectivity index (χ3v) is 4.37. The molecule has 0 aliphatic carbocycles. The molecule has 2 aromatic carbocycles. The second kappa shape index (κ2) is 7.29. The molecular weight excluding hydrogens is 398 g/mol. The van der Waals surface area contributed by atoms with Crippen LogP contribution in [0, 0.1) is 0 Å². The normalized spacial score (nSPS) is 12.2. The maximum atomic E-state index is 9.81. The second-order valence-electron chi connectivity index (χ2n) is 4.79. The van der Waals surface area contributed by atoms with Gasteiger partial charge in [-0.25, -0.2) is 0 Å². The zero-order valence-electron chi connectivity index (χ0n) is 11.9. The molecule has 3 nitrogen and oxygen atoms in total. The van der Waals surface area contributed by atoms with Gasteiger partial charge in [-0.3, -0.25) is 0 Å². The van der Waals surface area contributed by atoms with Crippen LogP contribution in [0.1, 0.15) is 24.1 Å². The highest BCUT2D eigenvalue weighted by molar-refractivity contribution is 9.10. The van der Waals surface area contributed by atoms with Crippen molar-refractivity contribution in [1.82, 2.24) is 5.32 Å². The smallest absolute Gasteiger partial charge is 0.172 e. The maximum absolute atomic E-state index is 9.81. The molecular formula is C16H17Br2NO2. The monoisotopic (exact) mass is 413 g/mol. The molecule has 21 heavy (non-hydrogen) atoms. The van der Waals surface area contributed by atoms with Gasteiger partial charge < -0.3 is 15.2 Å². The Morgan fingerprint density at radius 2 is 2.00 bits per heavy atom. The van der Waals surface area contributed by atoms with Crippen LogP contribution in [-0.4, -0.2) is 12.2 Å². The van der Waals surface area contributed by atoms with E-state index in [2.05, 4.69) is 56.2 Å². The second-order valence-corrected chi connectivity index (χ2v) is 6.56. The fourth-order valence-corrected chi connectivity index (χ4v) is 2.96. The third-order valence-electron chi connectivity index (χ3n) is 3.27. The number of hydrogen-bond acceptors (Lipinski definition) is 3. The number of halogens is 2. The van der Waals surface area contributed by atoms with E-state index in [0.29, 0.717) is 16.8 Å². The molecule has 0 fully saturated rings. The summed E-state index contributed by atoms with van der Waals surface area (Å²) >= 11 is 6.82. The first-order valence-electron chi connectivity index (χ1n) is 6.55. The molecule has 0 spiro atoms. The number of phenolic OH excluding ortho intramolecular Hbond substituents is 1.